The van der Waals surface area contributed by atoms with Crippen LogP contribution in [-0.2, 0) is 10.0 Å². The number of benzene rings is 3. The van der Waals surface area contributed by atoms with Gasteiger partial charge in [0.1, 0.15) is 0 Å². The summed E-state index contributed by atoms with van der Waals surface area (Å²) in [6, 6.07) is 18.0. The molecule has 0 N–H and O–H groups in total. The largest absolute Gasteiger partial charge is 0.493 e. The van der Waals surface area contributed by atoms with Gasteiger partial charge in [0.05, 0.1) is 30.9 Å². The Hall–Kier alpha value is -2.74. The van der Waals surface area contributed by atoms with Crippen molar-refractivity contribution in [2.45, 2.75) is 17.4 Å². The highest BCUT2D eigenvalue weighted by atomic mass is 35.5. The summed E-state index contributed by atoms with van der Waals surface area (Å²) in [5, 5.41) is 5.56. The van der Waals surface area contributed by atoms with Crippen molar-refractivity contribution in [3.05, 3.63) is 87.9 Å². The first-order valence-electron chi connectivity index (χ1n) is 9.69. The molecule has 166 valence electrons. The second-order valence-corrected chi connectivity index (χ2v) is 9.79. The molecule has 0 saturated carbocycles. The van der Waals surface area contributed by atoms with Crippen LogP contribution in [-0.4, -0.2) is 32.8 Å². The maximum Gasteiger partial charge on any atom is 0.279 e. The predicted molar refractivity (Wildman–Crippen MR) is 125 cm³/mol. The standard InChI is InChI=1S/C23H20Cl2N2O4S/c1-30-22-12-5-16(13-23(22)31-2)20-14-21(15-3-6-17(24)7-4-15)27(26-20)32(28,29)19-10-8-18(25)9-11-19/h3-13,21H,14H2,1-2H3. The molecule has 0 spiro atoms. The number of rotatable bonds is 6. The van der Waals surface area contributed by atoms with E-state index in [0.717, 1.165) is 15.5 Å². The smallest absolute Gasteiger partial charge is 0.279 e. The van der Waals surface area contributed by atoms with Gasteiger partial charge in [-0.3, -0.25) is 0 Å². The molecule has 1 aliphatic rings. The van der Waals surface area contributed by atoms with E-state index in [1.807, 2.05) is 18.2 Å². The van der Waals surface area contributed by atoms with Crippen LogP contribution in [0.2, 0.25) is 10.0 Å². The second kappa shape index (κ2) is 9.02. The van der Waals surface area contributed by atoms with Crippen LogP contribution in [0.15, 0.2) is 76.7 Å². The number of ether oxygens (including phenoxy) is 2. The van der Waals surface area contributed by atoms with Gasteiger partial charge in [0.15, 0.2) is 11.5 Å². The third-order valence-corrected chi connectivity index (χ3v) is 7.40. The SMILES string of the molecule is COc1ccc(C2=NN(S(=O)(=O)c3ccc(Cl)cc3)C(c3ccc(Cl)cc3)C2)cc1OC. The van der Waals surface area contributed by atoms with Crippen molar-refractivity contribution in [3.63, 3.8) is 0 Å². The van der Waals surface area contributed by atoms with Gasteiger partial charge < -0.3 is 9.47 Å². The average Bonchev–Trinajstić information content (AvgIpc) is 3.26. The molecule has 0 saturated heterocycles. The quantitative estimate of drug-likeness (QED) is 0.454. The van der Waals surface area contributed by atoms with Gasteiger partial charge >= 0.3 is 0 Å². The van der Waals surface area contributed by atoms with Crippen LogP contribution in [0, 0.1) is 0 Å². The normalized spacial score (nSPS) is 16.1. The summed E-state index contributed by atoms with van der Waals surface area (Å²) in [5.74, 6) is 1.12. The first-order chi connectivity index (χ1) is 15.3. The zero-order chi connectivity index (χ0) is 22.9. The maximum atomic E-state index is 13.5. The fourth-order valence-corrected chi connectivity index (χ4v) is 5.23. The highest BCUT2D eigenvalue weighted by Crippen LogP contribution is 2.39. The minimum absolute atomic E-state index is 0.109. The number of hydrogen-bond donors (Lipinski definition) is 0. The molecule has 0 aliphatic carbocycles. The highest BCUT2D eigenvalue weighted by Gasteiger charge is 2.37. The van der Waals surface area contributed by atoms with Crippen LogP contribution < -0.4 is 9.47 Å². The van der Waals surface area contributed by atoms with Crippen LogP contribution in [0.25, 0.3) is 0 Å². The Morgan fingerprint density at radius 3 is 2.06 bits per heavy atom. The summed E-state index contributed by atoms with van der Waals surface area (Å²) >= 11 is 12.0. The molecule has 0 fully saturated rings. The molecule has 1 unspecified atom stereocenters. The fourth-order valence-electron chi connectivity index (χ4n) is 3.55. The Morgan fingerprint density at radius 2 is 1.47 bits per heavy atom. The number of sulfonamides is 1. The lowest BCUT2D eigenvalue weighted by atomic mass is 9.99. The van der Waals surface area contributed by atoms with Crippen molar-refractivity contribution in [2.24, 2.45) is 5.10 Å². The van der Waals surface area contributed by atoms with Crippen molar-refractivity contribution < 1.29 is 17.9 Å². The molecule has 0 radical (unpaired) electrons. The van der Waals surface area contributed by atoms with E-state index in [9.17, 15) is 8.42 Å². The summed E-state index contributed by atoms with van der Waals surface area (Å²) in [6.45, 7) is 0. The fraction of sp³-hybridized carbons (Fsp3) is 0.174. The van der Waals surface area contributed by atoms with Crippen LogP contribution in [0.4, 0.5) is 0 Å². The lowest BCUT2D eigenvalue weighted by molar-refractivity contribution is 0.355. The monoisotopic (exact) mass is 490 g/mol. The Labute approximate surface area is 197 Å². The van der Waals surface area contributed by atoms with Gasteiger partial charge in [-0.1, -0.05) is 35.3 Å². The molecule has 3 aromatic rings. The van der Waals surface area contributed by atoms with Gasteiger partial charge in [-0.05, 0) is 60.2 Å². The molecule has 1 aliphatic heterocycles. The number of halogens is 2. The number of nitrogens with zero attached hydrogens (tertiary/aromatic N) is 2. The van der Waals surface area contributed by atoms with Gasteiger partial charge in [0.2, 0.25) is 0 Å². The van der Waals surface area contributed by atoms with Crippen molar-refractivity contribution in [2.75, 3.05) is 14.2 Å². The van der Waals surface area contributed by atoms with E-state index in [0.29, 0.717) is 33.7 Å². The van der Waals surface area contributed by atoms with Crippen molar-refractivity contribution >= 4 is 38.9 Å². The Bertz CT molecular complexity index is 1260. The summed E-state index contributed by atoms with van der Waals surface area (Å²) in [5.41, 5.74) is 2.14. The maximum absolute atomic E-state index is 13.5. The van der Waals surface area contributed by atoms with Gasteiger partial charge in [-0.2, -0.15) is 17.9 Å². The van der Waals surface area contributed by atoms with Gasteiger partial charge in [-0.15, -0.1) is 0 Å². The first-order valence-corrected chi connectivity index (χ1v) is 11.9. The number of methoxy groups -OCH3 is 2. The van der Waals surface area contributed by atoms with E-state index in [1.54, 1.807) is 50.6 Å². The Morgan fingerprint density at radius 1 is 0.875 bits per heavy atom. The summed E-state index contributed by atoms with van der Waals surface area (Å²) < 4.78 is 38.9. The van der Waals surface area contributed by atoms with Crippen molar-refractivity contribution in [1.29, 1.82) is 0 Å². The molecular weight excluding hydrogens is 471 g/mol. The molecular formula is C23H20Cl2N2O4S. The van der Waals surface area contributed by atoms with Gasteiger partial charge in [0, 0.05) is 22.0 Å². The van der Waals surface area contributed by atoms with E-state index >= 15 is 0 Å². The van der Waals surface area contributed by atoms with E-state index in [2.05, 4.69) is 5.10 Å². The predicted octanol–water partition coefficient (Wildman–Crippen LogP) is 5.55. The highest BCUT2D eigenvalue weighted by molar-refractivity contribution is 7.89. The molecule has 1 heterocycles. The third-order valence-electron chi connectivity index (χ3n) is 5.20. The molecule has 3 aromatic carbocycles. The zero-order valence-corrected chi connectivity index (χ0v) is 19.7. The lowest BCUT2D eigenvalue weighted by Crippen LogP contribution is -2.27. The van der Waals surface area contributed by atoms with E-state index in [4.69, 9.17) is 32.7 Å². The molecule has 4 rings (SSSR count). The first kappa shape index (κ1) is 22.5. The molecule has 0 aromatic heterocycles. The third kappa shape index (κ3) is 4.28. The van der Waals surface area contributed by atoms with Crippen molar-refractivity contribution in [1.82, 2.24) is 4.41 Å². The molecule has 0 bridgehead atoms. The molecule has 6 nitrogen and oxygen atoms in total. The van der Waals surface area contributed by atoms with Crippen LogP contribution in [0.3, 0.4) is 0 Å². The Balaban J connectivity index is 1.80. The minimum atomic E-state index is -3.93. The Kier molecular flexibility index (Phi) is 6.33. The van der Waals surface area contributed by atoms with Gasteiger partial charge in [0.25, 0.3) is 10.0 Å². The van der Waals surface area contributed by atoms with E-state index in [-0.39, 0.29) is 4.90 Å². The van der Waals surface area contributed by atoms with E-state index in [1.165, 1.54) is 12.1 Å². The van der Waals surface area contributed by atoms with Crippen LogP contribution in [0.5, 0.6) is 11.5 Å². The van der Waals surface area contributed by atoms with Crippen molar-refractivity contribution in [3.8, 4) is 11.5 Å². The van der Waals surface area contributed by atoms with Crippen LogP contribution in [0.1, 0.15) is 23.6 Å². The minimum Gasteiger partial charge on any atom is -0.493 e. The number of hydrogen-bond acceptors (Lipinski definition) is 5. The van der Waals surface area contributed by atoms with Crippen LogP contribution >= 0.6 is 23.2 Å². The van der Waals surface area contributed by atoms with E-state index < -0.39 is 16.1 Å². The summed E-state index contributed by atoms with van der Waals surface area (Å²) in [7, 11) is -0.829. The van der Waals surface area contributed by atoms with Gasteiger partial charge in [-0.25, -0.2) is 0 Å². The molecule has 0 amide bonds. The molecule has 32 heavy (non-hydrogen) atoms. The molecule has 1 atom stereocenters. The lowest BCUT2D eigenvalue weighted by Gasteiger charge is -2.23. The molecule has 9 heteroatoms. The topological polar surface area (TPSA) is 68.2 Å². The summed E-state index contributed by atoms with van der Waals surface area (Å²) in [4.78, 5) is 0.109. The second-order valence-electron chi connectivity index (χ2n) is 7.12. The summed E-state index contributed by atoms with van der Waals surface area (Å²) in [6.07, 6.45) is 0.379. The number of hydrazone groups is 1. The average molecular weight is 491 g/mol. The zero-order valence-electron chi connectivity index (χ0n) is 17.3.